The summed E-state index contributed by atoms with van der Waals surface area (Å²) >= 11 is 0. The fraction of sp³-hybridized carbons (Fsp3) is 0.0909. The van der Waals surface area contributed by atoms with E-state index in [-0.39, 0.29) is 0 Å². The fourth-order valence-electron chi connectivity index (χ4n) is 11.3. The average Bonchev–Trinajstić information content (AvgIpc) is 4.14. The number of aromatic nitrogens is 4. The van der Waals surface area contributed by atoms with Crippen LogP contribution in [0.3, 0.4) is 0 Å². The standard InChI is InChI=1S/C66H50N6O/c1-44-35-66(67-42-57(44)47-21-9-4-10-22-47)72-60-28-12-11-27-54(60)55-32-31-53(39-61(55)72)73-52-26-16-25-51(38-52)70-43-71(64-41-62-58(40-63(64)70)68-65-29-13-14-34-69(62)65)59-33-30-49(46-19-7-3-8-20-46)37-56(59)50-24-15-23-48(36-50)45-17-5-2-6-18-45/h2-12,15-28,30-33,35-42H,13-14,29,34,43H2,1H3. The predicted octanol–water partition coefficient (Wildman–Crippen LogP) is 16.9. The van der Waals surface area contributed by atoms with Crippen molar-refractivity contribution in [2.45, 2.75) is 32.7 Å². The first-order valence-corrected chi connectivity index (χ1v) is 25.4. The van der Waals surface area contributed by atoms with E-state index < -0.39 is 0 Å². The van der Waals surface area contributed by atoms with Gasteiger partial charge in [-0.15, -0.1) is 0 Å². The van der Waals surface area contributed by atoms with Crippen LogP contribution in [0, 0.1) is 6.92 Å². The van der Waals surface area contributed by atoms with E-state index in [0.29, 0.717) is 6.67 Å². The minimum absolute atomic E-state index is 0.593. The summed E-state index contributed by atoms with van der Waals surface area (Å²) in [5, 5.41) is 2.32. The van der Waals surface area contributed by atoms with Crippen molar-refractivity contribution in [3.8, 4) is 61.8 Å². The highest BCUT2D eigenvalue weighted by Gasteiger charge is 2.32. The van der Waals surface area contributed by atoms with Crippen LogP contribution in [0.1, 0.15) is 24.2 Å². The maximum Gasteiger partial charge on any atom is 0.137 e. The number of para-hydroxylation sites is 1. The molecule has 0 unspecified atom stereocenters. The highest BCUT2D eigenvalue weighted by atomic mass is 16.5. The summed E-state index contributed by atoms with van der Waals surface area (Å²) < 4.78 is 11.6. The zero-order chi connectivity index (χ0) is 48.4. The normalized spacial score (nSPS) is 13.2. The van der Waals surface area contributed by atoms with E-state index in [1.54, 1.807) is 0 Å². The Hall–Kier alpha value is -9.20. The van der Waals surface area contributed by atoms with Crippen molar-refractivity contribution in [1.82, 2.24) is 19.1 Å². The molecule has 5 heterocycles. The zero-order valence-corrected chi connectivity index (χ0v) is 40.5. The molecular formula is C66H50N6O. The summed E-state index contributed by atoms with van der Waals surface area (Å²) in [5.41, 5.74) is 19.3. The molecule has 0 amide bonds. The van der Waals surface area contributed by atoms with Gasteiger partial charge in [0.15, 0.2) is 0 Å². The topological polar surface area (TPSA) is 51.4 Å². The molecule has 350 valence electrons. The van der Waals surface area contributed by atoms with E-state index in [1.807, 2.05) is 12.3 Å². The lowest BCUT2D eigenvalue weighted by Crippen LogP contribution is -2.24. The van der Waals surface area contributed by atoms with Gasteiger partial charge in [-0.25, -0.2) is 9.97 Å². The molecule has 0 saturated carbocycles. The molecule has 3 aromatic heterocycles. The number of fused-ring (bicyclic) bond motifs is 7. The quantitative estimate of drug-likeness (QED) is 0.144. The van der Waals surface area contributed by atoms with Gasteiger partial charge in [-0.05, 0) is 125 Å². The van der Waals surface area contributed by atoms with Crippen LogP contribution in [0.25, 0.3) is 83.2 Å². The van der Waals surface area contributed by atoms with Crippen molar-refractivity contribution < 1.29 is 4.74 Å². The first kappa shape index (κ1) is 42.7. The number of anilines is 4. The molecule has 0 aliphatic carbocycles. The molecule has 0 fully saturated rings. The molecule has 2 aliphatic rings. The smallest absolute Gasteiger partial charge is 0.137 e. The molecule has 0 atom stereocenters. The van der Waals surface area contributed by atoms with Crippen molar-refractivity contribution in [1.29, 1.82) is 0 Å². The van der Waals surface area contributed by atoms with Crippen LogP contribution in [0.2, 0.25) is 0 Å². The van der Waals surface area contributed by atoms with Crippen molar-refractivity contribution in [2.24, 2.45) is 0 Å². The van der Waals surface area contributed by atoms with Crippen molar-refractivity contribution in [2.75, 3.05) is 16.5 Å². The van der Waals surface area contributed by atoms with E-state index in [2.05, 4.69) is 238 Å². The summed E-state index contributed by atoms with van der Waals surface area (Å²) in [4.78, 5) is 15.3. The van der Waals surface area contributed by atoms with Crippen LogP contribution < -0.4 is 14.5 Å². The summed E-state index contributed by atoms with van der Waals surface area (Å²) in [6.45, 7) is 3.74. The average molecular weight is 943 g/mol. The van der Waals surface area contributed by atoms with Crippen LogP contribution >= 0.6 is 0 Å². The van der Waals surface area contributed by atoms with Crippen LogP contribution in [-0.2, 0) is 13.0 Å². The second-order valence-corrected chi connectivity index (χ2v) is 19.4. The Balaban J connectivity index is 0.865. The predicted molar refractivity (Wildman–Crippen MR) is 300 cm³/mol. The summed E-state index contributed by atoms with van der Waals surface area (Å²) in [5.74, 6) is 3.55. The Morgan fingerprint density at radius 3 is 1.95 bits per heavy atom. The lowest BCUT2D eigenvalue weighted by Gasteiger charge is -2.25. The number of rotatable bonds is 9. The van der Waals surface area contributed by atoms with Crippen molar-refractivity contribution in [3.05, 3.63) is 236 Å². The Labute approximate surface area is 424 Å². The van der Waals surface area contributed by atoms with Crippen molar-refractivity contribution in [3.63, 3.8) is 0 Å². The number of imidazole rings is 1. The first-order chi connectivity index (χ1) is 36.1. The highest BCUT2D eigenvalue weighted by molar-refractivity contribution is 6.09. The lowest BCUT2D eigenvalue weighted by molar-refractivity contribution is 0.483. The number of ether oxygens (including phenoxy) is 1. The third kappa shape index (κ3) is 7.51. The van der Waals surface area contributed by atoms with Crippen molar-refractivity contribution >= 4 is 55.6 Å². The van der Waals surface area contributed by atoms with Crippen LogP contribution in [0.15, 0.2) is 225 Å². The third-order valence-electron chi connectivity index (χ3n) is 14.9. The minimum atomic E-state index is 0.593. The Kier molecular flexibility index (Phi) is 10.3. The zero-order valence-electron chi connectivity index (χ0n) is 40.5. The monoisotopic (exact) mass is 942 g/mol. The first-order valence-electron chi connectivity index (χ1n) is 25.4. The fourth-order valence-corrected chi connectivity index (χ4v) is 11.3. The van der Waals surface area contributed by atoms with Gasteiger partial charge in [0.25, 0.3) is 0 Å². The summed E-state index contributed by atoms with van der Waals surface area (Å²) in [6.07, 6.45) is 5.33. The molecule has 14 rings (SSSR count). The van der Waals surface area contributed by atoms with Gasteiger partial charge in [0, 0.05) is 58.9 Å². The van der Waals surface area contributed by atoms with Crippen LogP contribution in [0.5, 0.6) is 11.5 Å². The van der Waals surface area contributed by atoms with E-state index in [1.165, 1.54) is 62.1 Å². The van der Waals surface area contributed by atoms with E-state index >= 15 is 0 Å². The van der Waals surface area contributed by atoms with E-state index in [0.717, 1.165) is 92.5 Å². The van der Waals surface area contributed by atoms with Gasteiger partial charge in [-0.2, -0.15) is 0 Å². The highest BCUT2D eigenvalue weighted by Crippen LogP contribution is 2.50. The SMILES string of the molecule is Cc1cc(-n2c3ccccc3c3ccc(Oc4cccc(N5CN(c6ccc(-c7ccccc7)cc6-c6cccc(-c7ccccc7)c6)c6cc7c(cc65)nc5n7CCCC5)c4)cc32)ncc1-c1ccccc1. The molecule has 7 nitrogen and oxygen atoms in total. The van der Waals surface area contributed by atoms with Gasteiger partial charge in [-0.1, -0.05) is 140 Å². The largest absolute Gasteiger partial charge is 0.457 e. The molecule has 12 aromatic rings. The third-order valence-corrected chi connectivity index (χ3v) is 14.9. The number of hydrogen-bond acceptors (Lipinski definition) is 5. The molecule has 0 radical (unpaired) electrons. The second kappa shape index (κ2) is 17.6. The van der Waals surface area contributed by atoms with E-state index in [9.17, 15) is 0 Å². The molecule has 7 heteroatoms. The van der Waals surface area contributed by atoms with Gasteiger partial charge in [-0.3, -0.25) is 4.57 Å². The van der Waals surface area contributed by atoms with E-state index in [4.69, 9.17) is 14.7 Å². The Bertz CT molecular complexity index is 4070. The molecule has 0 bridgehead atoms. The number of benzene rings is 9. The Morgan fingerprint density at radius 2 is 1.14 bits per heavy atom. The van der Waals surface area contributed by atoms with Gasteiger partial charge in [0.05, 0.1) is 39.1 Å². The number of pyridine rings is 1. The van der Waals surface area contributed by atoms with Gasteiger partial charge >= 0.3 is 0 Å². The maximum atomic E-state index is 6.89. The molecule has 0 N–H and O–H groups in total. The lowest BCUT2D eigenvalue weighted by atomic mass is 9.94. The van der Waals surface area contributed by atoms with Gasteiger partial charge < -0.3 is 19.1 Å². The molecule has 9 aromatic carbocycles. The molecule has 0 saturated heterocycles. The minimum Gasteiger partial charge on any atom is -0.457 e. The summed E-state index contributed by atoms with van der Waals surface area (Å²) in [6, 6.07) is 78.2. The molecule has 2 aliphatic heterocycles. The molecule has 0 spiro atoms. The van der Waals surface area contributed by atoms with Crippen LogP contribution in [-0.4, -0.2) is 25.8 Å². The van der Waals surface area contributed by atoms with Gasteiger partial charge in [0.2, 0.25) is 0 Å². The second-order valence-electron chi connectivity index (χ2n) is 19.4. The van der Waals surface area contributed by atoms with Crippen LogP contribution in [0.4, 0.5) is 22.7 Å². The summed E-state index contributed by atoms with van der Waals surface area (Å²) in [7, 11) is 0. The number of hydrogen-bond donors (Lipinski definition) is 0. The Morgan fingerprint density at radius 1 is 0.452 bits per heavy atom. The van der Waals surface area contributed by atoms with Gasteiger partial charge in [0.1, 0.15) is 29.8 Å². The molecular weight excluding hydrogens is 893 g/mol. The number of aryl methyl sites for hydroxylation is 3. The maximum absolute atomic E-state index is 6.89. The number of nitrogens with zero attached hydrogens (tertiary/aromatic N) is 6. The molecule has 73 heavy (non-hydrogen) atoms.